The number of aryl methyl sites for hydroxylation is 4. The second-order valence-corrected chi connectivity index (χ2v) is 5.89. The van der Waals surface area contributed by atoms with Crippen LogP contribution in [0.4, 0.5) is 5.69 Å². The first-order valence-corrected chi connectivity index (χ1v) is 7.59. The Balaban J connectivity index is 1.87. The maximum atomic E-state index is 12.0. The lowest BCUT2D eigenvalue weighted by atomic mass is 10.1. The minimum Gasteiger partial charge on any atom is -0.376 e. The summed E-state index contributed by atoms with van der Waals surface area (Å²) in [6.07, 6.45) is 0. The number of anilines is 1. The number of benzene rings is 2. The van der Waals surface area contributed by atoms with Crippen LogP contribution in [-0.2, 0) is 11.3 Å². The van der Waals surface area contributed by atoms with Crippen LogP contribution in [0.2, 0.25) is 0 Å². The fourth-order valence-corrected chi connectivity index (χ4v) is 2.60. The summed E-state index contributed by atoms with van der Waals surface area (Å²) in [5.74, 6) is -0.0000463. The van der Waals surface area contributed by atoms with Crippen molar-refractivity contribution in [1.29, 1.82) is 0 Å². The van der Waals surface area contributed by atoms with Gasteiger partial charge in [-0.3, -0.25) is 4.79 Å². The van der Waals surface area contributed by atoms with Crippen molar-refractivity contribution in [2.24, 2.45) is 0 Å². The van der Waals surface area contributed by atoms with Crippen molar-refractivity contribution in [3.63, 3.8) is 0 Å². The maximum absolute atomic E-state index is 12.0. The van der Waals surface area contributed by atoms with E-state index in [0.717, 1.165) is 11.3 Å². The average Bonchev–Trinajstić information content (AvgIpc) is 2.45. The van der Waals surface area contributed by atoms with E-state index in [1.807, 2.05) is 12.1 Å². The third-order valence-corrected chi connectivity index (χ3v) is 3.71. The highest BCUT2D eigenvalue weighted by Crippen LogP contribution is 2.21. The SMILES string of the molecule is Cc1ccc(CNC(=O)CNc2c(C)cc(C)cc2C)cc1. The highest BCUT2D eigenvalue weighted by molar-refractivity contribution is 5.81. The minimum absolute atomic E-state index is 0.0000463. The molecule has 116 valence electrons. The molecule has 2 rings (SSSR count). The van der Waals surface area contributed by atoms with Crippen LogP contribution in [-0.4, -0.2) is 12.5 Å². The van der Waals surface area contributed by atoms with Gasteiger partial charge in [-0.1, -0.05) is 47.5 Å². The summed E-state index contributed by atoms with van der Waals surface area (Å²) < 4.78 is 0. The topological polar surface area (TPSA) is 41.1 Å². The molecule has 0 saturated heterocycles. The number of rotatable bonds is 5. The summed E-state index contributed by atoms with van der Waals surface area (Å²) >= 11 is 0. The zero-order valence-electron chi connectivity index (χ0n) is 13.8. The van der Waals surface area contributed by atoms with Crippen LogP contribution < -0.4 is 10.6 Å². The zero-order chi connectivity index (χ0) is 16.1. The van der Waals surface area contributed by atoms with Crippen LogP contribution in [0.5, 0.6) is 0 Å². The number of amides is 1. The van der Waals surface area contributed by atoms with Crippen molar-refractivity contribution >= 4 is 11.6 Å². The quantitative estimate of drug-likeness (QED) is 0.884. The summed E-state index contributed by atoms with van der Waals surface area (Å²) in [5, 5.41) is 6.18. The number of carbonyl (C=O) groups is 1. The second-order valence-electron chi connectivity index (χ2n) is 5.89. The fourth-order valence-electron chi connectivity index (χ4n) is 2.60. The first-order chi connectivity index (χ1) is 10.5. The summed E-state index contributed by atoms with van der Waals surface area (Å²) in [7, 11) is 0. The predicted molar refractivity (Wildman–Crippen MR) is 92.2 cm³/mol. The number of nitrogens with one attached hydrogen (secondary N) is 2. The van der Waals surface area contributed by atoms with E-state index in [2.05, 4.69) is 62.6 Å². The van der Waals surface area contributed by atoms with Gasteiger partial charge in [-0.25, -0.2) is 0 Å². The molecule has 0 aliphatic rings. The first kappa shape index (κ1) is 16.1. The van der Waals surface area contributed by atoms with Crippen molar-refractivity contribution in [1.82, 2.24) is 5.32 Å². The van der Waals surface area contributed by atoms with Gasteiger partial charge in [-0.2, -0.15) is 0 Å². The van der Waals surface area contributed by atoms with Gasteiger partial charge in [0.25, 0.3) is 0 Å². The lowest BCUT2D eigenvalue weighted by Gasteiger charge is -2.14. The Morgan fingerprint density at radius 3 is 2.09 bits per heavy atom. The first-order valence-electron chi connectivity index (χ1n) is 7.59. The molecule has 3 heteroatoms. The Labute approximate surface area is 132 Å². The normalized spacial score (nSPS) is 10.4. The van der Waals surface area contributed by atoms with E-state index in [-0.39, 0.29) is 12.5 Å². The third-order valence-electron chi connectivity index (χ3n) is 3.71. The molecule has 0 aliphatic heterocycles. The van der Waals surface area contributed by atoms with Crippen molar-refractivity contribution < 1.29 is 4.79 Å². The fraction of sp³-hybridized carbons (Fsp3) is 0.316. The van der Waals surface area contributed by atoms with Crippen LogP contribution in [0.1, 0.15) is 27.8 Å². The van der Waals surface area contributed by atoms with Gasteiger partial charge in [0.2, 0.25) is 5.91 Å². The van der Waals surface area contributed by atoms with Crippen molar-refractivity contribution in [3.8, 4) is 0 Å². The summed E-state index contributed by atoms with van der Waals surface area (Å²) in [6, 6.07) is 12.4. The van der Waals surface area contributed by atoms with Crippen LogP contribution in [0.15, 0.2) is 36.4 Å². The van der Waals surface area contributed by atoms with E-state index in [1.54, 1.807) is 0 Å². The van der Waals surface area contributed by atoms with E-state index in [4.69, 9.17) is 0 Å². The van der Waals surface area contributed by atoms with Crippen molar-refractivity contribution in [2.45, 2.75) is 34.2 Å². The molecule has 2 aromatic carbocycles. The van der Waals surface area contributed by atoms with E-state index >= 15 is 0 Å². The molecular weight excluding hydrogens is 272 g/mol. The van der Waals surface area contributed by atoms with Crippen LogP contribution in [0.25, 0.3) is 0 Å². The monoisotopic (exact) mass is 296 g/mol. The van der Waals surface area contributed by atoms with E-state index < -0.39 is 0 Å². The molecule has 2 aromatic rings. The molecule has 0 aliphatic carbocycles. The van der Waals surface area contributed by atoms with Gasteiger partial charge in [0, 0.05) is 12.2 Å². The molecule has 0 radical (unpaired) electrons. The van der Waals surface area contributed by atoms with E-state index in [0.29, 0.717) is 6.54 Å². The molecule has 3 nitrogen and oxygen atoms in total. The standard InChI is InChI=1S/C19H24N2O/c1-13-5-7-17(8-6-13)11-20-18(22)12-21-19-15(3)9-14(2)10-16(19)4/h5-10,21H,11-12H2,1-4H3,(H,20,22). The number of carbonyl (C=O) groups excluding carboxylic acids is 1. The highest BCUT2D eigenvalue weighted by Gasteiger charge is 2.06. The molecule has 22 heavy (non-hydrogen) atoms. The Kier molecular flexibility index (Phi) is 5.21. The van der Waals surface area contributed by atoms with Crippen LogP contribution in [0.3, 0.4) is 0 Å². The lowest BCUT2D eigenvalue weighted by molar-refractivity contribution is -0.119. The van der Waals surface area contributed by atoms with E-state index in [1.165, 1.54) is 22.3 Å². The largest absolute Gasteiger partial charge is 0.376 e. The number of hydrogen-bond acceptors (Lipinski definition) is 2. The van der Waals surface area contributed by atoms with Gasteiger partial charge in [0.1, 0.15) is 0 Å². The second kappa shape index (κ2) is 7.12. The van der Waals surface area contributed by atoms with Gasteiger partial charge in [-0.15, -0.1) is 0 Å². The smallest absolute Gasteiger partial charge is 0.239 e. The van der Waals surface area contributed by atoms with Gasteiger partial charge in [0.05, 0.1) is 6.54 Å². The minimum atomic E-state index is -0.0000463. The molecule has 0 unspecified atom stereocenters. The Bertz CT molecular complexity index is 637. The lowest BCUT2D eigenvalue weighted by Crippen LogP contribution is -2.29. The molecule has 0 spiro atoms. The molecule has 0 heterocycles. The highest BCUT2D eigenvalue weighted by atomic mass is 16.1. The molecular formula is C19H24N2O. The molecule has 0 fully saturated rings. The summed E-state index contributed by atoms with van der Waals surface area (Å²) in [6.45, 7) is 9.11. The van der Waals surface area contributed by atoms with Crippen LogP contribution in [0, 0.1) is 27.7 Å². The Morgan fingerprint density at radius 1 is 0.909 bits per heavy atom. The van der Waals surface area contributed by atoms with Gasteiger partial charge < -0.3 is 10.6 Å². The molecule has 2 N–H and O–H groups in total. The summed E-state index contributed by atoms with van der Waals surface area (Å²) in [5.41, 5.74) is 6.97. The molecule has 0 saturated carbocycles. The summed E-state index contributed by atoms with van der Waals surface area (Å²) in [4.78, 5) is 12.0. The van der Waals surface area contributed by atoms with E-state index in [9.17, 15) is 4.79 Å². The van der Waals surface area contributed by atoms with Gasteiger partial charge in [0.15, 0.2) is 0 Å². The Morgan fingerprint density at radius 2 is 1.50 bits per heavy atom. The average molecular weight is 296 g/mol. The zero-order valence-corrected chi connectivity index (χ0v) is 13.8. The molecule has 0 atom stereocenters. The third kappa shape index (κ3) is 4.35. The molecule has 0 bridgehead atoms. The Hall–Kier alpha value is -2.29. The van der Waals surface area contributed by atoms with Gasteiger partial charge in [-0.05, 0) is 44.4 Å². The molecule has 0 aromatic heterocycles. The number of hydrogen-bond donors (Lipinski definition) is 2. The van der Waals surface area contributed by atoms with Crippen LogP contribution >= 0.6 is 0 Å². The maximum Gasteiger partial charge on any atom is 0.239 e. The molecule has 1 amide bonds. The van der Waals surface area contributed by atoms with Crippen molar-refractivity contribution in [3.05, 3.63) is 64.2 Å². The predicted octanol–water partition coefficient (Wildman–Crippen LogP) is 3.65. The van der Waals surface area contributed by atoms with Crippen molar-refractivity contribution in [2.75, 3.05) is 11.9 Å². The van der Waals surface area contributed by atoms with Gasteiger partial charge >= 0.3 is 0 Å².